The fourth-order valence-electron chi connectivity index (χ4n) is 3.67. The van der Waals surface area contributed by atoms with Gasteiger partial charge >= 0.3 is 0 Å². The minimum Gasteiger partial charge on any atom is -0.511 e. The lowest BCUT2D eigenvalue weighted by molar-refractivity contribution is -0.122. The van der Waals surface area contributed by atoms with Crippen molar-refractivity contribution < 1.29 is 14.7 Å². The second kappa shape index (κ2) is 6.88. The summed E-state index contributed by atoms with van der Waals surface area (Å²) >= 11 is 6.07. The summed E-state index contributed by atoms with van der Waals surface area (Å²) < 4.78 is 0. The number of carbonyl (C=O) groups is 2. The molecular formula is C19H23ClO3. The van der Waals surface area contributed by atoms with E-state index < -0.39 is 0 Å². The molecule has 0 fully saturated rings. The molecule has 0 saturated carbocycles. The van der Waals surface area contributed by atoms with Crippen LogP contribution >= 0.6 is 11.6 Å². The van der Waals surface area contributed by atoms with Gasteiger partial charge < -0.3 is 5.11 Å². The largest absolute Gasteiger partial charge is 0.511 e. The fourth-order valence-corrected chi connectivity index (χ4v) is 4.08. The van der Waals surface area contributed by atoms with Crippen LogP contribution in [0.5, 0.6) is 0 Å². The number of hydrogen-bond donors (Lipinski definition) is 1. The van der Waals surface area contributed by atoms with Gasteiger partial charge in [0, 0.05) is 25.1 Å². The molecule has 0 spiro atoms. The lowest BCUT2D eigenvalue weighted by atomic mass is 9.77. The third kappa shape index (κ3) is 3.20. The van der Waals surface area contributed by atoms with E-state index in [1.165, 1.54) is 0 Å². The van der Waals surface area contributed by atoms with Gasteiger partial charge in [0.2, 0.25) is 0 Å². The average molecular weight is 335 g/mol. The van der Waals surface area contributed by atoms with E-state index in [1.807, 2.05) is 20.8 Å². The van der Waals surface area contributed by atoms with E-state index in [9.17, 15) is 14.7 Å². The minimum atomic E-state index is -0.273. The number of aliphatic hydroxyl groups excluding tert-OH is 1. The highest BCUT2D eigenvalue weighted by atomic mass is 35.5. The van der Waals surface area contributed by atoms with Crippen molar-refractivity contribution >= 4 is 23.2 Å². The average Bonchev–Trinajstić information content (AvgIpc) is 2.46. The molecule has 3 nitrogen and oxygen atoms in total. The zero-order valence-corrected chi connectivity index (χ0v) is 14.9. The molecule has 0 heterocycles. The van der Waals surface area contributed by atoms with Crippen LogP contribution in [0.2, 0.25) is 0 Å². The molecule has 1 aromatic carbocycles. The van der Waals surface area contributed by atoms with Crippen LogP contribution in [0.25, 0.3) is 0 Å². The van der Waals surface area contributed by atoms with Gasteiger partial charge in [0.25, 0.3) is 0 Å². The summed E-state index contributed by atoms with van der Waals surface area (Å²) in [5, 5.41) is 10.2. The summed E-state index contributed by atoms with van der Waals surface area (Å²) in [7, 11) is 0. The van der Waals surface area contributed by atoms with Crippen molar-refractivity contribution in [1.82, 2.24) is 0 Å². The molecule has 4 heteroatoms. The number of carbonyl (C=O) groups excluding carboxylic acids is 2. The molecule has 1 atom stereocenters. The first-order valence-corrected chi connectivity index (χ1v) is 8.49. The predicted molar refractivity (Wildman–Crippen MR) is 92.1 cm³/mol. The lowest BCUT2D eigenvalue weighted by Crippen LogP contribution is -2.24. The van der Waals surface area contributed by atoms with Crippen molar-refractivity contribution in [3.63, 3.8) is 0 Å². The normalized spacial score (nSPS) is 18.5. The molecule has 1 unspecified atom stereocenters. The molecule has 1 aliphatic carbocycles. The summed E-state index contributed by atoms with van der Waals surface area (Å²) in [6.07, 6.45) is 0.825. The van der Waals surface area contributed by atoms with Gasteiger partial charge in [-0.25, -0.2) is 0 Å². The van der Waals surface area contributed by atoms with Crippen LogP contribution in [0.3, 0.4) is 0 Å². The van der Waals surface area contributed by atoms with E-state index in [0.29, 0.717) is 12.3 Å². The van der Waals surface area contributed by atoms with Crippen molar-refractivity contribution in [1.29, 1.82) is 0 Å². The van der Waals surface area contributed by atoms with Crippen LogP contribution in [0.15, 0.2) is 17.4 Å². The smallest absolute Gasteiger partial charge is 0.170 e. The number of aliphatic hydroxyl groups is 1. The molecule has 0 bridgehead atoms. The van der Waals surface area contributed by atoms with Gasteiger partial charge in [-0.05, 0) is 54.5 Å². The summed E-state index contributed by atoms with van der Waals surface area (Å²) in [6, 6.07) is 2.08. The van der Waals surface area contributed by atoms with Crippen LogP contribution in [-0.2, 0) is 15.5 Å². The highest BCUT2D eigenvalue weighted by molar-refractivity contribution is 6.21. The number of halogens is 1. The second-order valence-electron chi connectivity index (χ2n) is 6.29. The molecular weight excluding hydrogens is 312 g/mol. The van der Waals surface area contributed by atoms with E-state index in [1.54, 1.807) is 6.92 Å². The molecule has 23 heavy (non-hydrogen) atoms. The minimum absolute atomic E-state index is 0.00346. The molecule has 124 valence electrons. The third-order valence-corrected chi connectivity index (χ3v) is 5.04. The van der Waals surface area contributed by atoms with E-state index >= 15 is 0 Å². The van der Waals surface area contributed by atoms with Crippen molar-refractivity contribution in [2.75, 3.05) is 0 Å². The van der Waals surface area contributed by atoms with Crippen molar-refractivity contribution in [3.05, 3.63) is 45.2 Å². The summed E-state index contributed by atoms with van der Waals surface area (Å²) in [5.41, 5.74) is 5.50. The Labute approximate surface area is 142 Å². The first-order chi connectivity index (χ1) is 10.8. The third-order valence-electron chi connectivity index (χ3n) is 4.77. The van der Waals surface area contributed by atoms with E-state index in [0.717, 1.165) is 27.8 Å². The van der Waals surface area contributed by atoms with Crippen LogP contribution in [0.4, 0.5) is 0 Å². The van der Waals surface area contributed by atoms with Gasteiger partial charge in [0.05, 0.1) is 5.57 Å². The Morgan fingerprint density at radius 2 is 1.91 bits per heavy atom. The Morgan fingerprint density at radius 1 is 1.26 bits per heavy atom. The number of alkyl halides is 1. The highest BCUT2D eigenvalue weighted by Crippen LogP contribution is 2.39. The SMILES string of the molecule is CCC(=O)C1=C(O)CC(c2c(C)cc(C)c(CCl)c2C)CC1=O. The van der Waals surface area contributed by atoms with Crippen LogP contribution in [-0.4, -0.2) is 16.7 Å². The fraction of sp³-hybridized carbons (Fsp3) is 0.474. The van der Waals surface area contributed by atoms with E-state index in [2.05, 4.69) is 6.07 Å². The molecule has 0 aromatic heterocycles. The molecule has 0 radical (unpaired) electrons. The van der Waals surface area contributed by atoms with Gasteiger partial charge in [-0.15, -0.1) is 11.6 Å². The summed E-state index contributed by atoms with van der Waals surface area (Å²) in [5.74, 6) is -0.266. The first-order valence-electron chi connectivity index (χ1n) is 7.95. The van der Waals surface area contributed by atoms with Gasteiger partial charge in [0.1, 0.15) is 5.76 Å². The number of rotatable bonds is 4. The number of aryl methyl sites for hydroxylation is 2. The molecule has 1 aliphatic rings. The Hall–Kier alpha value is -1.61. The van der Waals surface area contributed by atoms with Crippen LogP contribution in [0, 0.1) is 20.8 Å². The van der Waals surface area contributed by atoms with Crippen LogP contribution < -0.4 is 0 Å². The molecule has 0 amide bonds. The maximum Gasteiger partial charge on any atom is 0.170 e. The number of Topliss-reactive ketones (excluding diaryl/α,β-unsaturated/α-hetero) is 2. The topological polar surface area (TPSA) is 54.4 Å². The molecule has 1 N–H and O–H groups in total. The van der Waals surface area contributed by atoms with Crippen LogP contribution in [0.1, 0.15) is 59.9 Å². The summed E-state index contributed by atoms with van der Waals surface area (Å²) in [6.45, 7) is 7.77. The molecule has 2 rings (SSSR count). The number of hydrogen-bond acceptors (Lipinski definition) is 3. The van der Waals surface area contributed by atoms with Crippen molar-refractivity contribution in [2.24, 2.45) is 0 Å². The van der Waals surface area contributed by atoms with Gasteiger partial charge in [-0.1, -0.05) is 13.0 Å². The highest BCUT2D eigenvalue weighted by Gasteiger charge is 2.33. The number of ketones is 2. The quantitative estimate of drug-likeness (QED) is 0.647. The zero-order valence-electron chi connectivity index (χ0n) is 14.1. The van der Waals surface area contributed by atoms with Gasteiger partial charge in [0.15, 0.2) is 11.6 Å². The Morgan fingerprint density at radius 3 is 2.43 bits per heavy atom. The Bertz CT molecular complexity index is 701. The maximum absolute atomic E-state index is 12.4. The van der Waals surface area contributed by atoms with Crippen molar-refractivity contribution in [2.45, 2.75) is 58.8 Å². The Balaban J connectivity index is 2.49. The molecule has 0 saturated heterocycles. The van der Waals surface area contributed by atoms with Gasteiger partial charge in [-0.3, -0.25) is 9.59 Å². The first kappa shape index (κ1) is 17.7. The van der Waals surface area contributed by atoms with E-state index in [4.69, 9.17) is 11.6 Å². The zero-order chi connectivity index (χ0) is 17.3. The standard InChI is InChI=1S/C19H23ClO3/c1-5-15(21)19-16(22)7-13(8-17(19)23)18-11(3)6-10(2)14(9-20)12(18)4/h6,13,22H,5,7-9H2,1-4H3. The van der Waals surface area contributed by atoms with Gasteiger partial charge in [-0.2, -0.15) is 0 Å². The predicted octanol–water partition coefficient (Wildman–Crippen LogP) is 4.59. The number of benzene rings is 1. The molecule has 0 aliphatic heterocycles. The monoisotopic (exact) mass is 334 g/mol. The van der Waals surface area contributed by atoms with Crippen molar-refractivity contribution in [3.8, 4) is 0 Å². The maximum atomic E-state index is 12.4. The Kier molecular flexibility index (Phi) is 5.30. The molecule has 1 aromatic rings. The second-order valence-corrected chi connectivity index (χ2v) is 6.56. The lowest BCUT2D eigenvalue weighted by Gasteiger charge is -2.27. The summed E-state index contributed by atoms with van der Waals surface area (Å²) in [4.78, 5) is 24.2. The van der Waals surface area contributed by atoms with E-state index in [-0.39, 0.29) is 41.7 Å². The number of allylic oxidation sites excluding steroid dienone is 2.